The minimum Gasteiger partial charge on any atom is -0.488 e. The lowest BCUT2D eigenvalue weighted by atomic mass is 9.77. The Morgan fingerprint density at radius 1 is 1.04 bits per heavy atom. The van der Waals surface area contributed by atoms with Gasteiger partial charge in [0.15, 0.2) is 0 Å². The first-order valence-electron chi connectivity index (χ1n) is 16.0. The predicted molar refractivity (Wildman–Crippen MR) is 177 cm³/mol. The molecule has 0 aliphatic carbocycles. The van der Waals surface area contributed by atoms with E-state index in [2.05, 4.69) is 70.2 Å². The largest absolute Gasteiger partial charge is 0.494 e. The predicted octanol–water partition coefficient (Wildman–Crippen LogP) is 6.60. The van der Waals surface area contributed by atoms with Gasteiger partial charge in [-0.05, 0) is 106 Å². The van der Waals surface area contributed by atoms with Crippen LogP contribution in [0.2, 0.25) is 0 Å². The van der Waals surface area contributed by atoms with Gasteiger partial charge in [0.2, 0.25) is 0 Å². The lowest BCUT2D eigenvalue weighted by Crippen LogP contribution is -2.43. The van der Waals surface area contributed by atoms with Gasteiger partial charge in [0, 0.05) is 37.3 Å². The Kier molecular flexibility index (Phi) is 7.11. The zero-order valence-electron chi connectivity index (χ0n) is 27.7. The smallest absolute Gasteiger partial charge is 0.488 e. The van der Waals surface area contributed by atoms with Gasteiger partial charge in [0.25, 0.3) is 0 Å². The molecule has 45 heavy (non-hydrogen) atoms. The summed E-state index contributed by atoms with van der Waals surface area (Å²) in [4.78, 5) is 20.2. The average molecular weight is 611 g/mol. The molecule has 0 spiro atoms. The summed E-state index contributed by atoms with van der Waals surface area (Å²) in [6.45, 7) is 15.7. The van der Waals surface area contributed by atoms with Crippen LogP contribution in [0, 0.1) is 5.92 Å². The number of likely N-dealkylation sites (tertiary alicyclic amines) is 1. The molecule has 9 heteroatoms. The third-order valence-electron chi connectivity index (χ3n) is 9.96. The van der Waals surface area contributed by atoms with Gasteiger partial charge in [-0.25, -0.2) is 4.79 Å². The second-order valence-electron chi connectivity index (χ2n) is 14.9. The molecule has 0 saturated carbocycles. The van der Waals surface area contributed by atoms with Gasteiger partial charge in [0.05, 0.1) is 29.5 Å². The number of hydrogen-bond acceptors (Lipinski definition) is 7. The van der Waals surface area contributed by atoms with Crippen molar-refractivity contribution in [2.45, 2.75) is 90.8 Å². The highest BCUT2D eigenvalue weighted by Crippen LogP contribution is 2.44. The van der Waals surface area contributed by atoms with Crippen molar-refractivity contribution in [1.82, 2.24) is 4.90 Å². The highest BCUT2D eigenvalue weighted by molar-refractivity contribution is 6.62. The number of methoxy groups -OCH3 is 1. The molecule has 0 aromatic heterocycles. The zero-order chi connectivity index (χ0) is 31.9. The van der Waals surface area contributed by atoms with Gasteiger partial charge in [-0.2, -0.15) is 0 Å². The van der Waals surface area contributed by atoms with Crippen molar-refractivity contribution in [1.29, 1.82) is 0 Å². The molecule has 8 nitrogen and oxygen atoms in total. The number of rotatable bonds is 4. The lowest BCUT2D eigenvalue weighted by molar-refractivity contribution is 0.00578. The summed E-state index contributed by atoms with van der Waals surface area (Å²) in [6.07, 6.45) is 1.20. The van der Waals surface area contributed by atoms with Crippen LogP contribution in [0.15, 0.2) is 47.5 Å². The lowest BCUT2D eigenvalue weighted by Gasteiger charge is -2.32. The van der Waals surface area contributed by atoms with Crippen molar-refractivity contribution < 1.29 is 28.3 Å². The third kappa shape index (κ3) is 5.32. The molecule has 4 heterocycles. The van der Waals surface area contributed by atoms with Gasteiger partial charge in [-0.3, -0.25) is 9.89 Å². The molecule has 1 amide bonds. The first kappa shape index (κ1) is 30.3. The van der Waals surface area contributed by atoms with E-state index in [9.17, 15) is 4.79 Å². The van der Waals surface area contributed by atoms with Crippen LogP contribution >= 0.6 is 0 Å². The second-order valence-corrected chi connectivity index (χ2v) is 14.9. The fourth-order valence-corrected chi connectivity index (χ4v) is 6.99. The molecular weight excluding hydrogens is 567 g/mol. The maximum Gasteiger partial charge on any atom is 0.494 e. The number of aliphatic imine (C=N–C) groups is 1. The van der Waals surface area contributed by atoms with Crippen LogP contribution in [0.1, 0.15) is 66.0 Å². The topological polar surface area (TPSA) is 78.8 Å². The average Bonchev–Trinajstić information content (AvgIpc) is 3.64. The Labute approximate surface area is 266 Å². The normalized spacial score (nSPS) is 23.0. The first-order valence-corrected chi connectivity index (χ1v) is 16.0. The van der Waals surface area contributed by atoms with E-state index < -0.39 is 23.9 Å². The minimum atomic E-state index is -0.567. The van der Waals surface area contributed by atoms with Crippen molar-refractivity contribution in [3.63, 3.8) is 0 Å². The summed E-state index contributed by atoms with van der Waals surface area (Å²) in [5, 5.41) is 2.28. The number of fused-ring (bicyclic) bond motifs is 6. The van der Waals surface area contributed by atoms with Crippen LogP contribution < -0.4 is 10.2 Å². The van der Waals surface area contributed by atoms with Crippen LogP contribution in [0.3, 0.4) is 0 Å². The van der Waals surface area contributed by atoms with Crippen molar-refractivity contribution in [3.8, 4) is 16.9 Å². The van der Waals surface area contributed by atoms with Gasteiger partial charge < -0.3 is 23.5 Å². The van der Waals surface area contributed by atoms with Gasteiger partial charge in [-0.15, -0.1) is 0 Å². The third-order valence-corrected chi connectivity index (χ3v) is 9.96. The van der Waals surface area contributed by atoms with Crippen LogP contribution in [0.4, 0.5) is 10.5 Å². The van der Waals surface area contributed by atoms with E-state index in [1.165, 1.54) is 11.1 Å². The zero-order valence-corrected chi connectivity index (χ0v) is 27.7. The van der Waals surface area contributed by atoms with E-state index in [-0.39, 0.29) is 18.1 Å². The molecular formula is C36H43BN2O6. The molecule has 3 aromatic rings. The number of amides is 1. The van der Waals surface area contributed by atoms with Crippen molar-refractivity contribution in [2.24, 2.45) is 10.9 Å². The number of carbonyl (C=O) groups excluding carboxylic acids is 1. The molecule has 0 radical (unpaired) electrons. The number of ether oxygens (including phenoxy) is 3. The van der Waals surface area contributed by atoms with E-state index in [1.54, 1.807) is 7.11 Å². The van der Waals surface area contributed by atoms with Crippen LogP contribution in [-0.4, -0.2) is 66.9 Å². The van der Waals surface area contributed by atoms with Crippen molar-refractivity contribution >= 4 is 40.8 Å². The van der Waals surface area contributed by atoms with E-state index in [1.807, 2.05) is 25.7 Å². The molecule has 236 valence electrons. The summed E-state index contributed by atoms with van der Waals surface area (Å²) in [5.74, 6) is 1.11. The summed E-state index contributed by atoms with van der Waals surface area (Å²) < 4.78 is 30.2. The molecule has 2 fully saturated rings. The van der Waals surface area contributed by atoms with E-state index in [4.69, 9.17) is 28.5 Å². The molecule has 0 bridgehead atoms. The van der Waals surface area contributed by atoms with Crippen LogP contribution in [0.25, 0.3) is 21.9 Å². The molecule has 2 atom stereocenters. The van der Waals surface area contributed by atoms with Gasteiger partial charge in [-0.1, -0.05) is 24.3 Å². The van der Waals surface area contributed by atoms with E-state index in [0.717, 1.165) is 50.9 Å². The monoisotopic (exact) mass is 610 g/mol. The molecule has 7 rings (SSSR count). The maximum absolute atomic E-state index is 13.3. The fraction of sp³-hybridized carbons (Fsp3) is 0.500. The Hall–Kier alpha value is -3.40. The molecule has 2 saturated heterocycles. The Morgan fingerprint density at radius 3 is 2.51 bits per heavy atom. The highest BCUT2D eigenvalue weighted by Gasteiger charge is 2.52. The van der Waals surface area contributed by atoms with Gasteiger partial charge in [0.1, 0.15) is 18.0 Å². The second kappa shape index (κ2) is 10.6. The Morgan fingerprint density at radius 2 is 1.80 bits per heavy atom. The summed E-state index contributed by atoms with van der Waals surface area (Å²) in [5.41, 5.74) is 6.15. The molecule has 1 unspecified atom stereocenters. The summed E-state index contributed by atoms with van der Waals surface area (Å²) >= 11 is 0. The Balaban J connectivity index is 1.16. The quantitative estimate of drug-likeness (QED) is 0.310. The fourth-order valence-electron chi connectivity index (χ4n) is 6.99. The minimum absolute atomic E-state index is 0.124. The number of carbonyl (C=O) groups is 1. The first-order chi connectivity index (χ1) is 21.2. The van der Waals surface area contributed by atoms with E-state index >= 15 is 0 Å². The number of nitrogens with zero attached hydrogens (tertiary/aromatic N) is 2. The number of hydrogen-bond donors (Lipinski definition) is 0. The number of benzene rings is 3. The van der Waals surface area contributed by atoms with Crippen molar-refractivity contribution in [2.75, 3.05) is 20.3 Å². The van der Waals surface area contributed by atoms with Crippen LogP contribution in [-0.2, 0) is 31.8 Å². The molecule has 0 N–H and O–H groups in total. The standard InChI is InChI=1S/C36H43BN2O6/c1-34(2,3)43-33(40)39-18-21(19-41-8)13-31(39)30-16-27-26-17-32-28(15-22(26)9-12-29(27)38-30)25-11-10-24(14-23(25)20-42-32)37-44-35(4,5)36(6,7)45-37/h9-12,14-15,17,21,31H,13,16,18-20H2,1-8H3/t21?,31-/m0/s1. The summed E-state index contributed by atoms with van der Waals surface area (Å²) in [6, 6.07) is 14.9. The SMILES string of the molecule is COCC1C[C@@H](C2=Nc3ccc4cc5c(cc4c3C2)OCc2cc(B3OC(C)(C)C(C)(C)O3)ccc2-5)N(C(=O)OC(C)(C)C)C1. The van der Waals surface area contributed by atoms with Crippen molar-refractivity contribution in [3.05, 3.63) is 53.6 Å². The molecule has 4 aliphatic rings. The molecule has 4 aliphatic heterocycles. The van der Waals surface area contributed by atoms with Gasteiger partial charge >= 0.3 is 13.2 Å². The summed E-state index contributed by atoms with van der Waals surface area (Å²) in [7, 11) is 1.30. The molecule has 3 aromatic carbocycles. The van der Waals surface area contributed by atoms with Crippen LogP contribution in [0.5, 0.6) is 5.75 Å². The maximum atomic E-state index is 13.3. The Bertz CT molecular complexity index is 1710. The van der Waals surface area contributed by atoms with E-state index in [0.29, 0.717) is 26.2 Å². The highest BCUT2D eigenvalue weighted by atomic mass is 16.7.